The molecule has 0 aromatic carbocycles. The average Bonchev–Trinajstić information content (AvgIpc) is 0.811. The summed E-state index contributed by atoms with van der Waals surface area (Å²) in [6.45, 7) is 6.81. The van der Waals surface area contributed by atoms with E-state index in [0.717, 1.165) is 0 Å². The Morgan fingerprint density at radius 1 is 1.00 bits per heavy atom. The first kappa shape index (κ1) is 24.0. The second-order valence-corrected chi connectivity index (χ2v) is 4.50. The second-order valence-electron chi connectivity index (χ2n) is 1.50. The van der Waals surface area contributed by atoms with Gasteiger partial charge in [0.15, 0.2) is 0 Å². The summed E-state index contributed by atoms with van der Waals surface area (Å²) in [6, 6.07) is 0. The molecule has 0 unspecified atom stereocenters. The first-order chi connectivity index (χ1) is 1.73. The van der Waals surface area contributed by atoms with Gasteiger partial charge in [0.05, 0.1) is 0 Å². The summed E-state index contributed by atoms with van der Waals surface area (Å²) in [5.41, 5.74) is 0. The van der Waals surface area contributed by atoms with E-state index in [1.54, 1.807) is 0 Å². The van der Waals surface area contributed by atoms with Gasteiger partial charge in [0.1, 0.15) is 0 Å². The molecule has 0 amide bonds. The Bertz CT molecular complexity index is 16.4. The minimum absolute atomic E-state index is 0. The van der Waals surface area contributed by atoms with E-state index in [4.69, 9.17) is 0 Å². The summed E-state index contributed by atoms with van der Waals surface area (Å²) in [5, 5.41) is 0. The van der Waals surface area contributed by atoms with Crippen LogP contribution < -0.4 is 12.4 Å². The molecule has 0 saturated carbocycles. The van der Waals surface area contributed by atoms with Crippen molar-refractivity contribution in [1.29, 1.82) is 0 Å². The number of hydrogen-bond donors (Lipinski definition) is 0. The van der Waals surface area contributed by atoms with E-state index < -0.39 is 0 Å². The van der Waals surface area contributed by atoms with Gasteiger partial charge in [-0.1, -0.05) is 19.6 Å². The fourth-order valence-corrected chi connectivity index (χ4v) is 0. The zero-order valence-corrected chi connectivity index (χ0v) is 8.76. The first-order valence-corrected chi connectivity index (χ1v) is 4.50. The molecule has 0 saturated heterocycles. The Kier molecular flexibility index (Phi) is 53.7. The van der Waals surface area contributed by atoms with E-state index in [1.807, 2.05) is 0 Å². The molecule has 0 aliphatic heterocycles. The summed E-state index contributed by atoms with van der Waals surface area (Å²) in [5.74, 6) is 0. The zero-order chi connectivity index (χ0) is 3.58. The largest absolute Gasteiger partial charge is 2.00 e. The van der Waals surface area contributed by atoms with Gasteiger partial charge in [-0.25, -0.2) is 0 Å². The van der Waals surface area contributed by atoms with Gasteiger partial charge in [-0.2, -0.15) is 0 Å². The fraction of sp³-hybridized carbons (Fsp3) is 0.750. The maximum Gasteiger partial charge on any atom is 2.00 e. The van der Waals surface area contributed by atoms with Crippen molar-refractivity contribution in [1.82, 2.24) is 0 Å². The van der Waals surface area contributed by atoms with Gasteiger partial charge in [-0.3, -0.25) is 0 Å². The molecule has 7 heavy (non-hydrogen) atoms. The zero-order valence-electron chi connectivity index (χ0n) is 5.59. The normalized spacial score (nSPS) is 5.14. The van der Waals surface area contributed by atoms with Crippen LogP contribution in [0.5, 0.6) is 0 Å². The topological polar surface area (TPSA) is 0 Å². The molecule has 0 aliphatic carbocycles. The molecule has 0 nitrogen and oxygen atoms in total. The molecule has 0 aliphatic rings. The summed E-state index contributed by atoms with van der Waals surface area (Å²) in [7, 11) is 0.120. The van der Waals surface area contributed by atoms with Crippen LogP contribution in [0.25, 0.3) is 0 Å². The Labute approximate surface area is 71.2 Å². The van der Waals surface area contributed by atoms with E-state index in [1.165, 1.54) is 0 Å². The Hall–Kier alpha value is 1.27. The number of rotatable bonds is 0. The molecule has 0 rings (SSSR count). The molecule has 3 heteroatoms. The van der Waals surface area contributed by atoms with Gasteiger partial charge in [0.2, 0.25) is 0 Å². The first-order valence-electron chi connectivity index (χ1n) is 1.50. The van der Waals surface area contributed by atoms with Crippen LogP contribution in [0.4, 0.5) is 0 Å². The Morgan fingerprint density at radius 2 is 1.00 bits per heavy atom. The molecule has 0 aromatic rings. The molecule has 0 atom stereocenters. The van der Waals surface area contributed by atoms with Crippen molar-refractivity contribution in [3.8, 4) is 0 Å². The maximum atomic E-state index is 2.27. The number of halogens is 1. The predicted octanol–water partition coefficient (Wildman–Crippen LogP) is -1.56. The smallest absolute Gasteiger partial charge is 1.00 e. The SMILES string of the molecule is C[Si](C)C.[CH3-].[Cl-].[Mg+2]. The van der Waals surface area contributed by atoms with E-state index in [0.29, 0.717) is 0 Å². The van der Waals surface area contributed by atoms with Crippen molar-refractivity contribution >= 4 is 31.8 Å². The molecule has 0 N–H and O–H groups in total. The van der Waals surface area contributed by atoms with Crippen molar-refractivity contribution < 1.29 is 12.4 Å². The van der Waals surface area contributed by atoms with Crippen LogP contribution in [0.15, 0.2) is 0 Å². The summed E-state index contributed by atoms with van der Waals surface area (Å²) in [4.78, 5) is 0. The van der Waals surface area contributed by atoms with Gasteiger partial charge in [-0.05, 0) is 0 Å². The number of hydrogen-bond acceptors (Lipinski definition) is 0. The summed E-state index contributed by atoms with van der Waals surface area (Å²) in [6.07, 6.45) is 0. The van der Waals surface area contributed by atoms with Crippen LogP contribution in [0, 0.1) is 7.43 Å². The van der Waals surface area contributed by atoms with Gasteiger partial charge < -0.3 is 19.8 Å². The third-order valence-electron chi connectivity index (χ3n) is 0. The van der Waals surface area contributed by atoms with Gasteiger partial charge in [0.25, 0.3) is 0 Å². The quantitative estimate of drug-likeness (QED) is 0.288. The van der Waals surface area contributed by atoms with Gasteiger partial charge >= 0.3 is 23.1 Å². The molecule has 0 bridgehead atoms. The summed E-state index contributed by atoms with van der Waals surface area (Å²) >= 11 is 0. The predicted molar refractivity (Wildman–Crippen MR) is 35.5 cm³/mol. The molecule has 0 spiro atoms. The van der Waals surface area contributed by atoms with Crippen LogP contribution in [-0.2, 0) is 0 Å². The van der Waals surface area contributed by atoms with Crippen LogP contribution in [0.1, 0.15) is 0 Å². The summed E-state index contributed by atoms with van der Waals surface area (Å²) < 4.78 is 0. The van der Waals surface area contributed by atoms with Crippen molar-refractivity contribution in [2.45, 2.75) is 19.6 Å². The van der Waals surface area contributed by atoms with E-state index in [-0.39, 0.29) is 51.7 Å². The Morgan fingerprint density at radius 3 is 1.00 bits per heavy atom. The fourth-order valence-electron chi connectivity index (χ4n) is 0. The van der Waals surface area contributed by atoms with Crippen molar-refractivity contribution in [3.05, 3.63) is 7.43 Å². The third kappa shape index (κ3) is 125. The Balaban J connectivity index is -0.0000000150. The van der Waals surface area contributed by atoms with Crippen molar-refractivity contribution in [2.24, 2.45) is 0 Å². The molecular formula is C4H12ClMgSi. The van der Waals surface area contributed by atoms with E-state index >= 15 is 0 Å². The average molecular weight is 148 g/mol. The van der Waals surface area contributed by atoms with Gasteiger partial charge in [-0.15, -0.1) is 0 Å². The minimum Gasteiger partial charge on any atom is -1.00 e. The monoisotopic (exact) mass is 147 g/mol. The molecule has 41 valence electrons. The van der Waals surface area contributed by atoms with Crippen molar-refractivity contribution in [3.63, 3.8) is 0 Å². The van der Waals surface area contributed by atoms with Gasteiger partial charge in [0, 0.05) is 8.80 Å². The molecule has 0 heterocycles. The second kappa shape index (κ2) is 15.7. The van der Waals surface area contributed by atoms with Crippen LogP contribution in [-0.4, -0.2) is 31.8 Å². The molecule has 1 radical (unpaired) electrons. The van der Waals surface area contributed by atoms with Crippen LogP contribution in [0.2, 0.25) is 19.6 Å². The van der Waals surface area contributed by atoms with E-state index in [2.05, 4.69) is 19.6 Å². The van der Waals surface area contributed by atoms with Crippen molar-refractivity contribution in [2.75, 3.05) is 0 Å². The minimum atomic E-state index is 0. The molecule has 0 fully saturated rings. The van der Waals surface area contributed by atoms with Crippen LogP contribution in [0.3, 0.4) is 0 Å². The van der Waals surface area contributed by atoms with Crippen LogP contribution >= 0.6 is 0 Å². The molecule has 0 aromatic heterocycles. The maximum absolute atomic E-state index is 2.27. The molecular weight excluding hydrogens is 136 g/mol. The standard InChI is InChI=1S/C3H9Si.CH3.ClH.Mg/c1-4(2)3;;;/h1-3H3;1H3;1H;/q;-1;;+2/p-1. The van der Waals surface area contributed by atoms with E-state index in [9.17, 15) is 0 Å². The third-order valence-corrected chi connectivity index (χ3v) is 0.